The zero-order valence-electron chi connectivity index (χ0n) is 16.7. The van der Waals surface area contributed by atoms with Gasteiger partial charge < -0.3 is 14.0 Å². The predicted molar refractivity (Wildman–Crippen MR) is 107 cm³/mol. The molecule has 0 unspecified atom stereocenters. The molecule has 0 amide bonds. The van der Waals surface area contributed by atoms with E-state index in [1.54, 1.807) is 69.5 Å². The molecule has 154 valence electrons. The average molecular weight is 417 g/mol. The SMILES string of the molecule is COc1ccc(-c2noc(CN(C(C)C)S(=O)(=O)c3ccccc3)n2)cc1OC. The Balaban J connectivity index is 1.88. The highest BCUT2D eigenvalue weighted by molar-refractivity contribution is 7.89. The molecule has 3 rings (SSSR count). The average Bonchev–Trinajstić information content (AvgIpc) is 3.20. The number of hydrogen-bond donors (Lipinski definition) is 0. The summed E-state index contributed by atoms with van der Waals surface area (Å²) in [6.45, 7) is 3.56. The molecule has 29 heavy (non-hydrogen) atoms. The topological polar surface area (TPSA) is 94.8 Å². The summed E-state index contributed by atoms with van der Waals surface area (Å²) < 4.78 is 43.2. The van der Waals surface area contributed by atoms with E-state index in [0.717, 1.165) is 0 Å². The fourth-order valence-electron chi connectivity index (χ4n) is 2.82. The molecule has 0 radical (unpaired) electrons. The number of hydrogen-bond acceptors (Lipinski definition) is 7. The Morgan fingerprint density at radius 3 is 2.34 bits per heavy atom. The number of methoxy groups -OCH3 is 2. The third-order valence-corrected chi connectivity index (χ3v) is 6.36. The van der Waals surface area contributed by atoms with Gasteiger partial charge in [0.25, 0.3) is 0 Å². The van der Waals surface area contributed by atoms with Crippen LogP contribution < -0.4 is 9.47 Å². The van der Waals surface area contributed by atoms with Gasteiger partial charge in [0.05, 0.1) is 25.7 Å². The van der Waals surface area contributed by atoms with Crippen molar-refractivity contribution in [1.82, 2.24) is 14.4 Å². The number of sulfonamides is 1. The van der Waals surface area contributed by atoms with Gasteiger partial charge in [-0.15, -0.1) is 0 Å². The molecule has 0 spiro atoms. The van der Waals surface area contributed by atoms with Crippen molar-refractivity contribution in [3.63, 3.8) is 0 Å². The van der Waals surface area contributed by atoms with Crippen LogP contribution in [0.1, 0.15) is 19.7 Å². The van der Waals surface area contributed by atoms with Crippen molar-refractivity contribution in [2.75, 3.05) is 14.2 Å². The summed E-state index contributed by atoms with van der Waals surface area (Å²) in [6, 6.07) is 13.2. The molecule has 0 atom stereocenters. The molecule has 0 saturated carbocycles. The second kappa shape index (κ2) is 8.62. The molecule has 1 aromatic heterocycles. The molecule has 9 heteroatoms. The van der Waals surface area contributed by atoms with E-state index in [1.807, 2.05) is 0 Å². The van der Waals surface area contributed by atoms with Crippen LogP contribution >= 0.6 is 0 Å². The second-order valence-electron chi connectivity index (χ2n) is 6.54. The fourth-order valence-corrected chi connectivity index (χ4v) is 4.43. The van der Waals surface area contributed by atoms with Crippen molar-refractivity contribution in [2.45, 2.75) is 31.3 Å². The third-order valence-electron chi connectivity index (χ3n) is 4.33. The highest BCUT2D eigenvalue weighted by Gasteiger charge is 2.29. The van der Waals surface area contributed by atoms with Gasteiger partial charge in [0.15, 0.2) is 11.5 Å². The minimum absolute atomic E-state index is 0.0326. The van der Waals surface area contributed by atoms with E-state index < -0.39 is 10.0 Å². The van der Waals surface area contributed by atoms with E-state index in [9.17, 15) is 8.42 Å². The first kappa shape index (κ1) is 20.8. The standard InChI is InChI=1S/C20H23N3O5S/c1-14(2)23(29(24,25)16-8-6-5-7-9-16)13-19-21-20(22-28-19)15-10-11-17(26-3)18(12-15)27-4/h5-12,14H,13H2,1-4H3. The molecule has 0 N–H and O–H groups in total. The Labute approximate surface area is 170 Å². The summed E-state index contributed by atoms with van der Waals surface area (Å²) in [5, 5.41) is 3.98. The fraction of sp³-hybridized carbons (Fsp3) is 0.300. The highest BCUT2D eigenvalue weighted by Crippen LogP contribution is 2.31. The van der Waals surface area contributed by atoms with Crippen molar-refractivity contribution < 1.29 is 22.4 Å². The van der Waals surface area contributed by atoms with Crippen LogP contribution in [0.3, 0.4) is 0 Å². The molecular weight excluding hydrogens is 394 g/mol. The van der Waals surface area contributed by atoms with Crippen molar-refractivity contribution in [1.29, 1.82) is 0 Å². The summed E-state index contributed by atoms with van der Waals surface area (Å²) in [5.41, 5.74) is 0.666. The predicted octanol–water partition coefficient (Wildman–Crippen LogP) is 3.35. The summed E-state index contributed by atoms with van der Waals surface area (Å²) in [7, 11) is -0.611. The summed E-state index contributed by atoms with van der Waals surface area (Å²) in [4.78, 5) is 4.58. The maximum Gasteiger partial charge on any atom is 0.243 e. The first-order valence-electron chi connectivity index (χ1n) is 8.98. The van der Waals surface area contributed by atoms with Crippen molar-refractivity contribution in [2.24, 2.45) is 0 Å². The minimum atomic E-state index is -3.70. The molecular formula is C20H23N3O5S. The van der Waals surface area contributed by atoms with Gasteiger partial charge >= 0.3 is 0 Å². The number of rotatable bonds is 8. The van der Waals surface area contributed by atoms with Crippen LogP contribution in [0, 0.1) is 0 Å². The van der Waals surface area contributed by atoms with Gasteiger partial charge in [-0.1, -0.05) is 23.4 Å². The van der Waals surface area contributed by atoms with Crippen molar-refractivity contribution in [3.05, 3.63) is 54.4 Å². The van der Waals surface area contributed by atoms with Gasteiger partial charge in [0.2, 0.25) is 21.7 Å². The Morgan fingerprint density at radius 2 is 1.72 bits per heavy atom. The molecule has 0 bridgehead atoms. The highest BCUT2D eigenvalue weighted by atomic mass is 32.2. The van der Waals surface area contributed by atoms with E-state index in [0.29, 0.717) is 22.9 Å². The molecule has 8 nitrogen and oxygen atoms in total. The Morgan fingerprint density at radius 1 is 1.03 bits per heavy atom. The van der Waals surface area contributed by atoms with Crippen LogP contribution in [0.4, 0.5) is 0 Å². The maximum absolute atomic E-state index is 13.0. The normalized spacial score (nSPS) is 11.8. The number of ether oxygens (including phenoxy) is 2. The molecule has 0 aliphatic carbocycles. The van der Waals surface area contributed by atoms with Gasteiger partial charge in [0.1, 0.15) is 0 Å². The Kier molecular flexibility index (Phi) is 6.19. The second-order valence-corrected chi connectivity index (χ2v) is 8.43. The lowest BCUT2D eigenvalue weighted by atomic mass is 10.2. The van der Waals surface area contributed by atoms with E-state index >= 15 is 0 Å². The maximum atomic E-state index is 13.0. The minimum Gasteiger partial charge on any atom is -0.493 e. The molecule has 1 heterocycles. The third kappa shape index (κ3) is 4.41. The van der Waals surface area contributed by atoms with Gasteiger partial charge in [-0.05, 0) is 44.2 Å². The van der Waals surface area contributed by atoms with E-state index in [4.69, 9.17) is 14.0 Å². The summed E-state index contributed by atoms with van der Waals surface area (Å²) >= 11 is 0. The van der Waals surface area contributed by atoms with Crippen LogP contribution in [0.15, 0.2) is 57.9 Å². The summed E-state index contributed by atoms with van der Waals surface area (Å²) in [5.74, 6) is 1.65. The Hall–Kier alpha value is -2.91. The molecule has 2 aromatic carbocycles. The van der Waals surface area contributed by atoms with E-state index in [2.05, 4.69) is 10.1 Å². The smallest absolute Gasteiger partial charge is 0.243 e. The van der Waals surface area contributed by atoms with Crippen LogP contribution in [-0.2, 0) is 16.6 Å². The molecule has 0 aliphatic rings. The van der Waals surface area contributed by atoms with Crippen LogP contribution in [0.25, 0.3) is 11.4 Å². The quantitative estimate of drug-likeness (QED) is 0.555. The first-order valence-corrected chi connectivity index (χ1v) is 10.4. The largest absolute Gasteiger partial charge is 0.493 e. The van der Waals surface area contributed by atoms with Gasteiger partial charge in [0, 0.05) is 11.6 Å². The molecule has 0 fully saturated rings. The first-order chi connectivity index (χ1) is 13.9. The monoisotopic (exact) mass is 417 g/mol. The Bertz CT molecular complexity index is 1060. The lowest BCUT2D eigenvalue weighted by Gasteiger charge is -2.24. The molecule has 0 aliphatic heterocycles. The van der Waals surface area contributed by atoms with Gasteiger partial charge in [-0.2, -0.15) is 9.29 Å². The molecule has 3 aromatic rings. The van der Waals surface area contributed by atoms with Crippen LogP contribution in [0.5, 0.6) is 11.5 Å². The van der Waals surface area contributed by atoms with Gasteiger partial charge in [-0.3, -0.25) is 0 Å². The van der Waals surface area contributed by atoms with Crippen molar-refractivity contribution >= 4 is 10.0 Å². The van der Waals surface area contributed by atoms with Crippen LogP contribution in [0.2, 0.25) is 0 Å². The van der Waals surface area contributed by atoms with E-state index in [-0.39, 0.29) is 23.4 Å². The number of aromatic nitrogens is 2. The molecule has 0 saturated heterocycles. The lowest BCUT2D eigenvalue weighted by Crippen LogP contribution is -2.36. The number of benzene rings is 2. The van der Waals surface area contributed by atoms with Gasteiger partial charge in [-0.25, -0.2) is 8.42 Å². The van der Waals surface area contributed by atoms with Crippen molar-refractivity contribution in [3.8, 4) is 22.9 Å². The zero-order chi connectivity index (χ0) is 21.0. The number of nitrogens with zero attached hydrogens (tertiary/aromatic N) is 3. The van der Waals surface area contributed by atoms with E-state index in [1.165, 1.54) is 11.4 Å². The lowest BCUT2D eigenvalue weighted by molar-refractivity contribution is 0.286. The van der Waals surface area contributed by atoms with Crippen LogP contribution in [-0.4, -0.2) is 43.1 Å². The summed E-state index contributed by atoms with van der Waals surface area (Å²) in [6.07, 6.45) is 0. The zero-order valence-corrected chi connectivity index (χ0v) is 17.5.